The number of rotatable bonds is 5. The van der Waals surface area contributed by atoms with E-state index in [1.165, 1.54) is 29.1 Å². The van der Waals surface area contributed by atoms with Gasteiger partial charge in [-0.3, -0.25) is 0 Å². The topological polar surface area (TPSA) is 12.0 Å². The van der Waals surface area contributed by atoms with Crippen molar-refractivity contribution in [3.8, 4) is 0 Å². The van der Waals surface area contributed by atoms with Gasteiger partial charge in [-0.25, -0.2) is 0 Å². The van der Waals surface area contributed by atoms with Crippen LogP contribution >= 0.6 is 23.5 Å². The van der Waals surface area contributed by atoms with Crippen molar-refractivity contribution in [1.29, 1.82) is 0 Å². The molecule has 0 bridgehead atoms. The molecule has 1 aliphatic rings. The van der Waals surface area contributed by atoms with E-state index in [9.17, 15) is 0 Å². The van der Waals surface area contributed by atoms with Crippen LogP contribution in [0.1, 0.15) is 37.4 Å². The Hall–Kier alpha value is -0.120. The van der Waals surface area contributed by atoms with Crippen molar-refractivity contribution < 1.29 is 0 Å². The Morgan fingerprint density at radius 2 is 1.89 bits per heavy atom. The molecule has 3 atom stereocenters. The minimum Gasteiger partial charge on any atom is -0.309 e. The van der Waals surface area contributed by atoms with Crippen LogP contribution in [-0.4, -0.2) is 28.6 Å². The minimum atomic E-state index is 0.494. The predicted octanol–water partition coefficient (Wildman–Crippen LogP) is 4.27. The van der Waals surface area contributed by atoms with Gasteiger partial charge in [-0.2, -0.15) is 23.5 Å². The van der Waals surface area contributed by atoms with Crippen LogP contribution in [0.2, 0.25) is 0 Å². The van der Waals surface area contributed by atoms with Gasteiger partial charge in [0.15, 0.2) is 0 Å². The van der Waals surface area contributed by atoms with Crippen LogP contribution in [0, 0.1) is 6.92 Å². The molecule has 0 radical (unpaired) electrons. The molecule has 0 saturated carbocycles. The van der Waals surface area contributed by atoms with Gasteiger partial charge in [-0.1, -0.05) is 43.7 Å². The molecule has 1 aromatic rings. The van der Waals surface area contributed by atoms with Crippen molar-refractivity contribution in [2.24, 2.45) is 0 Å². The summed E-state index contributed by atoms with van der Waals surface area (Å²) in [6.07, 6.45) is 1.20. The summed E-state index contributed by atoms with van der Waals surface area (Å²) in [5.74, 6) is 2.59. The van der Waals surface area contributed by atoms with E-state index in [0.29, 0.717) is 11.3 Å². The van der Waals surface area contributed by atoms with Gasteiger partial charge >= 0.3 is 0 Å². The maximum absolute atomic E-state index is 3.77. The lowest BCUT2D eigenvalue weighted by molar-refractivity contribution is 0.509. The maximum atomic E-state index is 3.77. The highest BCUT2D eigenvalue weighted by Crippen LogP contribution is 2.38. The Bertz CT molecular complexity index is 377. The molecule has 3 heteroatoms. The first-order valence-electron chi connectivity index (χ1n) is 7.25. The van der Waals surface area contributed by atoms with Crippen molar-refractivity contribution in [2.45, 2.75) is 43.7 Å². The fourth-order valence-corrected chi connectivity index (χ4v) is 5.46. The van der Waals surface area contributed by atoms with Crippen LogP contribution in [0.25, 0.3) is 0 Å². The summed E-state index contributed by atoms with van der Waals surface area (Å²) in [5, 5.41) is 5.19. The predicted molar refractivity (Wildman–Crippen MR) is 90.4 cm³/mol. The van der Waals surface area contributed by atoms with Crippen molar-refractivity contribution in [2.75, 3.05) is 18.1 Å². The molecule has 1 N–H and O–H groups in total. The van der Waals surface area contributed by atoms with Gasteiger partial charge in [0.1, 0.15) is 0 Å². The van der Waals surface area contributed by atoms with Crippen molar-refractivity contribution in [3.63, 3.8) is 0 Å². The van der Waals surface area contributed by atoms with Crippen molar-refractivity contribution >= 4 is 23.5 Å². The molecule has 19 heavy (non-hydrogen) atoms. The quantitative estimate of drug-likeness (QED) is 0.871. The Kier molecular flexibility index (Phi) is 6.11. The smallest absolute Gasteiger partial charge is 0.0451 e. The van der Waals surface area contributed by atoms with Gasteiger partial charge in [0, 0.05) is 28.0 Å². The van der Waals surface area contributed by atoms with Gasteiger partial charge in [0.25, 0.3) is 0 Å². The minimum absolute atomic E-state index is 0.494. The molecule has 3 unspecified atom stereocenters. The molecule has 1 aliphatic heterocycles. The summed E-state index contributed by atoms with van der Waals surface area (Å²) in [4.78, 5) is 0. The van der Waals surface area contributed by atoms with E-state index in [-0.39, 0.29) is 0 Å². The summed E-state index contributed by atoms with van der Waals surface area (Å²) in [5.41, 5.74) is 2.79. The Morgan fingerprint density at radius 1 is 1.21 bits per heavy atom. The zero-order valence-electron chi connectivity index (χ0n) is 12.2. The van der Waals surface area contributed by atoms with E-state index in [1.807, 2.05) is 0 Å². The molecule has 0 aliphatic carbocycles. The molecule has 106 valence electrons. The average molecular weight is 296 g/mol. The third-order valence-electron chi connectivity index (χ3n) is 3.62. The lowest BCUT2D eigenvalue weighted by Gasteiger charge is -2.35. The molecule has 0 aromatic heterocycles. The fourth-order valence-electron chi connectivity index (χ4n) is 2.51. The van der Waals surface area contributed by atoms with E-state index in [1.54, 1.807) is 0 Å². The highest BCUT2D eigenvalue weighted by Gasteiger charge is 2.30. The molecule has 1 aromatic carbocycles. The molecule has 0 spiro atoms. The van der Waals surface area contributed by atoms with Crippen LogP contribution in [-0.2, 0) is 0 Å². The third-order valence-corrected chi connectivity index (χ3v) is 6.81. The Morgan fingerprint density at radius 3 is 2.53 bits per heavy atom. The highest BCUT2D eigenvalue weighted by molar-refractivity contribution is 8.07. The zero-order chi connectivity index (χ0) is 13.7. The van der Waals surface area contributed by atoms with Crippen molar-refractivity contribution in [1.82, 2.24) is 5.32 Å². The highest BCUT2D eigenvalue weighted by atomic mass is 32.2. The SMILES string of the molecule is CCCNC(c1ccc(C)cc1)C1SCCSC1C. The van der Waals surface area contributed by atoms with Crippen LogP contribution in [0.5, 0.6) is 0 Å². The van der Waals surface area contributed by atoms with Crippen LogP contribution < -0.4 is 5.32 Å². The van der Waals surface area contributed by atoms with Crippen LogP contribution in [0.15, 0.2) is 24.3 Å². The molecular formula is C16H25NS2. The number of nitrogens with one attached hydrogen (secondary N) is 1. The lowest BCUT2D eigenvalue weighted by atomic mass is 10.00. The van der Waals surface area contributed by atoms with Gasteiger partial charge in [-0.05, 0) is 25.5 Å². The monoisotopic (exact) mass is 295 g/mol. The molecule has 1 fully saturated rings. The molecule has 1 nitrogen and oxygen atoms in total. The Balaban J connectivity index is 2.16. The molecule has 2 rings (SSSR count). The van der Waals surface area contributed by atoms with Gasteiger partial charge in [0.05, 0.1) is 0 Å². The fraction of sp³-hybridized carbons (Fsp3) is 0.625. The zero-order valence-corrected chi connectivity index (χ0v) is 13.8. The summed E-state index contributed by atoms with van der Waals surface area (Å²) in [6.45, 7) is 7.89. The number of hydrogen-bond donors (Lipinski definition) is 1. The first-order valence-corrected chi connectivity index (χ1v) is 9.35. The molecule has 1 heterocycles. The summed E-state index contributed by atoms with van der Waals surface area (Å²) in [7, 11) is 0. The van der Waals surface area contributed by atoms with E-state index in [0.717, 1.165) is 11.8 Å². The Labute approximate surface area is 126 Å². The first kappa shape index (κ1) is 15.3. The molecule has 1 saturated heterocycles. The summed E-state index contributed by atoms with van der Waals surface area (Å²) in [6, 6.07) is 9.57. The second kappa shape index (κ2) is 7.61. The standard InChI is InChI=1S/C16H25NS2/c1-4-9-17-15(14-7-5-12(2)6-8-14)16-13(3)18-10-11-19-16/h5-8,13,15-17H,4,9-11H2,1-3H3. The van der Waals surface area contributed by atoms with E-state index in [4.69, 9.17) is 0 Å². The summed E-state index contributed by atoms with van der Waals surface area (Å²) >= 11 is 4.27. The maximum Gasteiger partial charge on any atom is 0.0451 e. The average Bonchev–Trinajstić information content (AvgIpc) is 2.43. The molecule has 0 amide bonds. The molecular weight excluding hydrogens is 270 g/mol. The van der Waals surface area contributed by atoms with E-state index in [2.05, 4.69) is 73.9 Å². The number of thioether (sulfide) groups is 2. The van der Waals surface area contributed by atoms with Crippen molar-refractivity contribution in [3.05, 3.63) is 35.4 Å². The third kappa shape index (κ3) is 4.17. The van der Waals surface area contributed by atoms with Gasteiger partial charge in [-0.15, -0.1) is 0 Å². The van der Waals surface area contributed by atoms with Gasteiger partial charge < -0.3 is 5.32 Å². The number of benzene rings is 1. The van der Waals surface area contributed by atoms with Crippen LogP contribution in [0.4, 0.5) is 0 Å². The van der Waals surface area contributed by atoms with E-state index >= 15 is 0 Å². The second-order valence-electron chi connectivity index (χ2n) is 5.25. The normalized spacial score (nSPS) is 25.2. The second-order valence-corrected chi connectivity index (χ2v) is 8.02. The van der Waals surface area contributed by atoms with Gasteiger partial charge in [0.2, 0.25) is 0 Å². The lowest BCUT2D eigenvalue weighted by Crippen LogP contribution is -2.38. The summed E-state index contributed by atoms with van der Waals surface area (Å²) < 4.78 is 0. The van der Waals surface area contributed by atoms with E-state index < -0.39 is 0 Å². The number of aryl methyl sites for hydroxylation is 1. The van der Waals surface area contributed by atoms with Crippen LogP contribution in [0.3, 0.4) is 0 Å². The number of hydrogen-bond acceptors (Lipinski definition) is 3. The first-order chi connectivity index (χ1) is 9.22. The largest absolute Gasteiger partial charge is 0.309 e.